The van der Waals surface area contributed by atoms with Crippen LogP contribution in [0.3, 0.4) is 0 Å². The lowest BCUT2D eigenvalue weighted by molar-refractivity contribution is 0.197. The summed E-state index contributed by atoms with van der Waals surface area (Å²) in [4.78, 5) is 2.32. The molecule has 5 nitrogen and oxygen atoms in total. The Balaban J connectivity index is 0.000000948. The van der Waals surface area contributed by atoms with E-state index in [4.69, 9.17) is 4.18 Å². The molecule has 0 amide bonds. The Bertz CT molecular complexity index is 943. The summed E-state index contributed by atoms with van der Waals surface area (Å²) in [7, 11) is 0.792. The zero-order chi connectivity index (χ0) is 19.1. The van der Waals surface area contributed by atoms with Gasteiger partial charge in [0.1, 0.15) is 0 Å². The van der Waals surface area contributed by atoms with E-state index in [1.807, 2.05) is 13.8 Å². The molecule has 6 heteroatoms. The highest BCUT2D eigenvalue weighted by Crippen LogP contribution is 2.41. The first-order valence-electron chi connectivity index (χ1n) is 9.17. The zero-order valence-corrected chi connectivity index (χ0v) is 17.0. The highest BCUT2D eigenvalue weighted by molar-refractivity contribution is 7.85. The molecule has 0 bridgehead atoms. The van der Waals surface area contributed by atoms with Crippen LogP contribution >= 0.6 is 0 Å². The highest BCUT2D eigenvalue weighted by Gasteiger charge is 2.34. The van der Waals surface area contributed by atoms with Gasteiger partial charge in [0.2, 0.25) is 0 Å². The van der Waals surface area contributed by atoms with Crippen molar-refractivity contribution in [2.75, 3.05) is 26.5 Å². The van der Waals surface area contributed by atoms with E-state index in [-0.39, 0.29) is 12.5 Å². The Morgan fingerprint density at radius 3 is 2.65 bits per heavy atom. The standard InChI is InChI=1S/C18H22N2O3S.C2H6/c1-19-9-12(11-23-24(3,21)22)7-15-14-5-4-6-16-18(14)13(8-17(15)19)10-20(16)2;1-2/h4-7,10,12,17H,8-9,11H2,1-3H3;1-2H3/t12-,17-;/m1./s1. The average molecular weight is 377 g/mol. The van der Waals surface area contributed by atoms with Gasteiger partial charge in [-0.05, 0) is 36.2 Å². The number of aryl methyl sites for hydroxylation is 1. The summed E-state index contributed by atoms with van der Waals surface area (Å²) >= 11 is 0. The SMILES string of the molecule is CC.CN1C[C@H](COS(C)(=O)=O)C=C2c3cccc4c3c(cn4C)C[C@H]21. The Hall–Kier alpha value is -1.63. The maximum atomic E-state index is 11.3. The minimum Gasteiger partial charge on any atom is -0.350 e. The molecule has 1 aromatic carbocycles. The van der Waals surface area contributed by atoms with Gasteiger partial charge in [0.15, 0.2) is 0 Å². The third-order valence-electron chi connectivity index (χ3n) is 5.14. The minimum absolute atomic E-state index is 0.0801. The molecule has 0 radical (unpaired) electrons. The summed E-state index contributed by atoms with van der Waals surface area (Å²) in [5.41, 5.74) is 5.22. The quantitative estimate of drug-likeness (QED) is 0.773. The van der Waals surface area contributed by atoms with Crippen LogP contribution in [0.4, 0.5) is 0 Å². The summed E-state index contributed by atoms with van der Waals surface area (Å²) in [6, 6.07) is 6.78. The molecule has 1 aliphatic carbocycles. The number of aromatic nitrogens is 1. The molecule has 0 unspecified atom stereocenters. The third kappa shape index (κ3) is 3.46. The van der Waals surface area contributed by atoms with E-state index in [1.165, 1.54) is 27.6 Å². The largest absolute Gasteiger partial charge is 0.350 e. The molecule has 4 rings (SSSR count). The lowest BCUT2D eigenvalue weighted by atomic mass is 9.80. The van der Waals surface area contributed by atoms with Gasteiger partial charge in [0.25, 0.3) is 10.1 Å². The van der Waals surface area contributed by atoms with Gasteiger partial charge in [-0.25, -0.2) is 0 Å². The fourth-order valence-corrected chi connectivity index (χ4v) is 4.56. The van der Waals surface area contributed by atoms with Crippen molar-refractivity contribution in [2.24, 2.45) is 13.0 Å². The number of fused-ring (bicyclic) bond motifs is 2. The summed E-state index contributed by atoms with van der Waals surface area (Å²) < 4.78 is 29.8. The van der Waals surface area contributed by atoms with Crippen LogP contribution in [0.25, 0.3) is 16.5 Å². The van der Waals surface area contributed by atoms with E-state index in [1.54, 1.807) is 0 Å². The van der Waals surface area contributed by atoms with Gasteiger partial charge < -0.3 is 4.57 Å². The normalized spacial score (nSPS) is 22.4. The van der Waals surface area contributed by atoms with E-state index in [9.17, 15) is 8.42 Å². The molecule has 0 saturated carbocycles. The van der Waals surface area contributed by atoms with Gasteiger partial charge in [-0.1, -0.05) is 32.1 Å². The van der Waals surface area contributed by atoms with Crippen molar-refractivity contribution in [1.29, 1.82) is 0 Å². The molecular weight excluding hydrogens is 348 g/mol. The Kier molecular flexibility index (Phi) is 5.28. The Morgan fingerprint density at radius 2 is 1.96 bits per heavy atom. The highest BCUT2D eigenvalue weighted by atomic mass is 32.2. The molecule has 1 aromatic heterocycles. The van der Waals surface area contributed by atoms with Crippen molar-refractivity contribution in [3.8, 4) is 0 Å². The van der Waals surface area contributed by atoms with E-state index in [0.717, 1.165) is 19.2 Å². The summed E-state index contributed by atoms with van der Waals surface area (Å²) in [5, 5.41) is 1.33. The Morgan fingerprint density at radius 1 is 1.23 bits per heavy atom. The molecule has 0 saturated heterocycles. The van der Waals surface area contributed by atoms with Gasteiger partial charge in [0.05, 0.1) is 12.9 Å². The summed E-state index contributed by atoms with van der Waals surface area (Å²) in [6.45, 7) is 5.01. The second-order valence-corrected chi connectivity index (χ2v) is 8.64. The number of hydrogen-bond acceptors (Lipinski definition) is 4. The predicted octanol–water partition coefficient (Wildman–Crippen LogP) is 3.05. The van der Waals surface area contributed by atoms with E-state index >= 15 is 0 Å². The number of nitrogens with zero attached hydrogens (tertiary/aromatic N) is 2. The van der Waals surface area contributed by atoms with Crippen molar-refractivity contribution in [3.05, 3.63) is 41.6 Å². The van der Waals surface area contributed by atoms with Crippen LogP contribution in [0.1, 0.15) is 25.0 Å². The fourth-order valence-electron chi connectivity index (χ4n) is 4.14. The van der Waals surface area contributed by atoms with Gasteiger partial charge in [-0.15, -0.1) is 0 Å². The third-order valence-corrected chi connectivity index (χ3v) is 5.71. The van der Waals surface area contributed by atoms with Crippen LogP contribution in [-0.4, -0.2) is 50.4 Å². The van der Waals surface area contributed by atoms with Crippen LogP contribution in [0.5, 0.6) is 0 Å². The molecule has 142 valence electrons. The number of likely N-dealkylation sites (N-methyl/N-ethyl adjacent to an activating group) is 1. The maximum Gasteiger partial charge on any atom is 0.264 e. The predicted molar refractivity (Wildman–Crippen MR) is 107 cm³/mol. The molecule has 0 fully saturated rings. The number of benzene rings is 1. The summed E-state index contributed by atoms with van der Waals surface area (Å²) in [5.74, 6) is 0.0801. The van der Waals surface area contributed by atoms with E-state index in [2.05, 4.69) is 54.0 Å². The molecule has 1 aliphatic heterocycles. The average Bonchev–Trinajstić information content (AvgIpc) is 2.93. The molecule has 2 atom stereocenters. The van der Waals surface area contributed by atoms with Crippen LogP contribution in [0.2, 0.25) is 0 Å². The monoisotopic (exact) mass is 376 g/mol. The van der Waals surface area contributed by atoms with Crippen molar-refractivity contribution in [3.63, 3.8) is 0 Å². The summed E-state index contributed by atoms with van der Waals surface area (Å²) in [6.07, 6.45) is 6.56. The lowest BCUT2D eigenvalue weighted by Gasteiger charge is -2.39. The van der Waals surface area contributed by atoms with Gasteiger partial charge in [-0.3, -0.25) is 9.08 Å². The van der Waals surface area contributed by atoms with Crippen molar-refractivity contribution in [1.82, 2.24) is 9.47 Å². The number of rotatable bonds is 3. The van der Waals surface area contributed by atoms with Crippen molar-refractivity contribution in [2.45, 2.75) is 26.3 Å². The molecule has 2 heterocycles. The zero-order valence-electron chi connectivity index (χ0n) is 16.2. The van der Waals surface area contributed by atoms with Gasteiger partial charge >= 0.3 is 0 Å². The van der Waals surface area contributed by atoms with E-state index < -0.39 is 10.1 Å². The van der Waals surface area contributed by atoms with E-state index in [0.29, 0.717) is 6.04 Å². The van der Waals surface area contributed by atoms with Gasteiger partial charge in [-0.2, -0.15) is 8.42 Å². The molecular formula is C20H28N2O3S. The molecule has 0 N–H and O–H groups in total. The van der Waals surface area contributed by atoms with Crippen LogP contribution in [0.15, 0.2) is 30.5 Å². The van der Waals surface area contributed by atoms with Crippen LogP contribution in [-0.2, 0) is 27.8 Å². The first-order chi connectivity index (χ1) is 12.3. The Labute approximate surface area is 156 Å². The molecule has 26 heavy (non-hydrogen) atoms. The first-order valence-corrected chi connectivity index (χ1v) is 11.0. The second kappa shape index (κ2) is 7.18. The van der Waals surface area contributed by atoms with Crippen molar-refractivity contribution < 1.29 is 12.6 Å². The number of hydrogen-bond donors (Lipinski definition) is 0. The molecule has 2 aromatic rings. The smallest absolute Gasteiger partial charge is 0.264 e. The first kappa shape index (κ1) is 19.1. The van der Waals surface area contributed by atoms with Crippen LogP contribution < -0.4 is 0 Å². The lowest BCUT2D eigenvalue weighted by Crippen LogP contribution is -2.43. The molecule has 0 spiro atoms. The fraction of sp³-hybridized carbons (Fsp3) is 0.500. The van der Waals surface area contributed by atoms with Crippen LogP contribution in [0, 0.1) is 5.92 Å². The molecule has 2 aliphatic rings. The second-order valence-electron chi connectivity index (χ2n) is 7.00. The van der Waals surface area contributed by atoms with Gasteiger partial charge in [0, 0.05) is 42.7 Å². The maximum absolute atomic E-state index is 11.3. The topological polar surface area (TPSA) is 51.5 Å². The minimum atomic E-state index is -3.41. The van der Waals surface area contributed by atoms with Crippen molar-refractivity contribution >= 4 is 26.6 Å².